The highest BCUT2D eigenvalue weighted by Crippen LogP contribution is 2.28. The Morgan fingerprint density at radius 2 is 1.56 bits per heavy atom. The fraction of sp³-hybridized carbons (Fsp3) is 0.281. The van der Waals surface area contributed by atoms with E-state index in [0.717, 1.165) is 15.7 Å². The molecule has 0 aromatic heterocycles. The molecule has 0 bridgehead atoms. The molecule has 3 aromatic rings. The molecule has 3 aromatic carbocycles. The smallest absolute Gasteiger partial charge is 0.408 e. The molecule has 0 spiro atoms. The van der Waals surface area contributed by atoms with E-state index in [4.69, 9.17) is 17.6 Å². The molecule has 0 saturated heterocycles. The summed E-state index contributed by atoms with van der Waals surface area (Å²) in [4.78, 5) is 41.2. The largest absolute Gasteiger partial charge is 0.444 e. The highest BCUT2D eigenvalue weighted by atomic mass is 16.6. The minimum absolute atomic E-state index is 0.368. The highest BCUT2D eigenvalue weighted by molar-refractivity contribution is 6.01. The number of benzene rings is 3. The Kier molecular flexibility index (Phi) is 9.01. The van der Waals surface area contributed by atoms with Crippen molar-refractivity contribution < 1.29 is 19.1 Å². The quantitative estimate of drug-likeness (QED) is 0.318. The van der Waals surface area contributed by atoms with Crippen molar-refractivity contribution in [2.24, 2.45) is 5.92 Å². The van der Waals surface area contributed by atoms with Gasteiger partial charge in [0, 0.05) is 22.9 Å². The van der Waals surface area contributed by atoms with E-state index in [1.165, 1.54) is 0 Å². The maximum atomic E-state index is 13.8. The van der Waals surface area contributed by atoms with Crippen molar-refractivity contribution >= 4 is 34.4 Å². The molecule has 0 aliphatic heterocycles. The number of anilines is 1. The van der Waals surface area contributed by atoms with E-state index < -0.39 is 35.6 Å². The van der Waals surface area contributed by atoms with E-state index >= 15 is 0 Å². The summed E-state index contributed by atoms with van der Waals surface area (Å²) in [5.74, 6) is 0.997. The number of hydrogen-bond donors (Lipinski definition) is 2. The molecule has 0 fully saturated rings. The van der Waals surface area contributed by atoms with Crippen LogP contribution in [-0.4, -0.2) is 34.5 Å². The molecule has 0 aliphatic rings. The summed E-state index contributed by atoms with van der Waals surface area (Å²) in [6, 6.07) is 20.0. The van der Waals surface area contributed by atoms with Crippen molar-refractivity contribution in [3.63, 3.8) is 0 Å². The number of carbonyl (C=O) groups is 3. The van der Waals surface area contributed by atoms with Gasteiger partial charge in [-0.15, -0.1) is 6.42 Å². The second kappa shape index (κ2) is 12.2. The summed E-state index contributed by atoms with van der Waals surface area (Å²) >= 11 is 0. The van der Waals surface area contributed by atoms with E-state index in [1.807, 2.05) is 36.4 Å². The number of rotatable bonds is 7. The monoisotopic (exact) mass is 523 g/mol. The zero-order valence-corrected chi connectivity index (χ0v) is 22.8. The van der Waals surface area contributed by atoms with Crippen LogP contribution in [0.1, 0.15) is 51.8 Å². The molecule has 0 aliphatic carbocycles. The van der Waals surface area contributed by atoms with Crippen LogP contribution in [-0.2, 0) is 14.3 Å². The van der Waals surface area contributed by atoms with Gasteiger partial charge in [0.05, 0.1) is 0 Å². The third-order valence-corrected chi connectivity index (χ3v) is 5.92. The summed E-state index contributed by atoms with van der Waals surface area (Å²) in [6.45, 7) is 8.67. The van der Waals surface area contributed by atoms with Crippen molar-refractivity contribution in [2.75, 3.05) is 5.32 Å². The number of fused-ring (bicyclic) bond motifs is 1. The molecule has 0 saturated carbocycles. The van der Waals surface area contributed by atoms with Gasteiger partial charge in [0.1, 0.15) is 11.6 Å². The maximum absolute atomic E-state index is 13.8. The molecule has 39 heavy (non-hydrogen) atoms. The number of terminal acetylenes is 2. The Labute approximate surface area is 229 Å². The Morgan fingerprint density at radius 3 is 2.18 bits per heavy atom. The maximum Gasteiger partial charge on any atom is 0.408 e. The second-order valence-corrected chi connectivity index (χ2v) is 10.4. The zero-order chi connectivity index (χ0) is 28.7. The van der Waals surface area contributed by atoms with Gasteiger partial charge >= 0.3 is 6.09 Å². The topological polar surface area (TPSA) is 87.7 Å². The van der Waals surface area contributed by atoms with Crippen LogP contribution >= 0.6 is 0 Å². The van der Waals surface area contributed by atoms with E-state index in [-0.39, 0.29) is 5.92 Å². The van der Waals surface area contributed by atoms with Gasteiger partial charge < -0.3 is 15.4 Å². The second-order valence-electron chi connectivity index (χ2n) is 10.4. The van der Waals surface area contributed by atoms with Crippen LogP contribution in [0, 0.1) is 30.7 Å². The van der Waals surface area contributed by atoms with Crippen LogP contribution in [0.15, 0.2) is 66.7 Å². The number of nitrogens with one attached hydrogen (secondary N) is 2. The summed E-state index contributed by atoms with van der Waals surface area (Å²) in [7, 11) is 0. The van der Waals surface area contributed by atoms with E-state index in [1.54, 1.807) is 65.0 Å². The lowest BCUT2D eigenvalue weighted by Gasteiger charge is -2.32. The fourth-order valence-corrected chi connectivity index (χ4v) is 4.11. The summed E-state index contributed by atoms with van der Waals surface area (Å²) < 4.78 is 5.35. The summed E-state index contributed by atoms with van der Waals surface area (Å²) in [6.07, 6.45) is 10.8. The summed E-state index contributed by atoms with van der Waals surface area (Å²) in [5, 5.41) is 7.44. The van der Waals surface area contributed by atoms with E-state index in [0.29, 0.717) is 16.8 Å². The highest BCUT2D eigenvalue weighted by Gasteiger charge is 2.38. The Bertz CT molecular complexity index is 1460. The van der Waals surface area contributed by atoms with Crippen LogP contribution in [0.2, 0.25) is 0 Å². The third-order valence-electron chi connectivity index (χ3n) is 5.92. The first-order valence-electron chi connectivity index (χ1n) is 12.6. The van der Waals surface area contributed by atoms with Crippen LogP contribution in [0.25, 0.3) is 10.8 Å². The number of amides is 3. The van der Waals surface area contributed by atoms with Crippen molar-refractivity contribution in [1.29, 1.82) is 0 Å². The van der Waals surface area contributed by atoms with E-state index in [2.05, 4.69) is 22.6 Å². The molecule has 200 valence electrons. The molecular weight excluding hydrogens is 490 g/mol. The molecule has 2 atom stereocenters. The van der Waals surface area contributed by atoms with Gasteiger partial charge in [-0.2, -0.15) is 0 Å². The number of hydrogen-bond acceptors (Lipinski definition) is 4. The Balaban J connectivity index is 2.02. The minimum atomic E-state index is -1.28. The van der Waals surface area contributed by atoms with Gasteiger partial charge in [-0.1, -0.05) is 74.7 Å². The van der Waals surface area contributed by atoms with Crippen molar-refractivity contribution in [3.8, 4) is 24.8 Å². The molecular formula is C32H33N3O4. The van der Waals surface area contributed by atoms with Crippen molar-refractivity contribution in [1.82, 2.24) is 10.2 Å². The molecule has 0 heterocycles. The number of nitrogens with zero attached hydrogens (tertiary/aromatic N) is 1. The molecule has 7 nitrogen and oxygen atoms in total. The third kappa shape index (κ3) is 7.18. The molecule has 3 amide bonds. The standard InChI is InChI=1S/C32H33N3O4/c1-8-22-14-12-13-17-26(22)28(29(36)33-25-19-18-23-15-10-11-16-24(23)20-25)35(9-2)30(37)27(21(3)4)34-31(38)39-32(5,6)7/h1-2,10-21,27-28H,3-7H3,(H,33,36)(H,34,38). The van der Waals surface area contributed by atoms with Gasteiger partial charge in [0.15, 0.2) is 6.04 Å². The zero-order valence-electron chi connectivity index (χ0n) is 22.8. The van der Waals surface area contributed by atoms with Gasteiger partial charge in [-0.05, 0) is 55.7 Å². The molecule has 7 heteroatoms. The van der Waals surface area contributed by atoms with Crippen molar-refractivity contribution in [2.45, 2.75) is 52.3 Å². The molecule has 2 unspecified atom stereocenters. The molecule has 0 radical (unpaired) electrons. The lowest BCUT2D eigenvalue weighted by atomic mass is 9.96. The Hall–Kier alpha value is -4.75. The Morgan fingerprint density at radius 1 is 0.923 bits per heavy atom. The average Bonchev–Trinajstić information content (AvgIpc) is 2.88. The van der Waals surface area contributed by atoms with Crippen LogP contribution < -0.4 is 10.6 Å². The van der Waals surface area contributed by atoms with Crippen LogP contribution in [0.4, 0.5) is 10.5 Å². The van der Waals surface area contributed by atoms with Gasteiger partial charge in [0.25, 0.3) is 11.8 Å². The SMILES string of the molecule is C#Cc1ccccc1C(C(=O)Nc1ccc2ccccc2c1)N(C#C)C(=O)C(NC(=O)OC(C)(C)C)C(C)C. The first kappa shape index (κ1) is 28.8. The minimum Gasteiger partial charge on any atom is -0.444 e. The molecule has 2 N–H and O–H groups in total. The first-order valence-corrected chi connectivity index (χ1v) is 12.6. The van der Waals surface area contributed by atoms with Crippen LogP contribution in [0.3, 0.4) is 0 Å². The van der Waals surface area contributed by atoms with E-state index in [9.17, 15) is 14.4 Å². The average molecular weight is 524 g/mol. The van der Waals surface area contributed by atoms with Gasteiger partial charge in [-0.25, -0.2) is 4.79 Å². The predicted octanol–water partition coefficient (Wildman–Crippen LogP) is 5.47. The van der Waals surface area contributed by atoms with Crippen molar-refractivity contribution in [3.05, 3.63) is 77.9 Å². The number of carbonyl (C=O) groups excluding carboxylic acids is 3. The van der Waals surface area contributed by atoms with Crippen LogP contribution in [0.5, 0.6) is 0 Å². The lowest BCUT2D eigenvalue weighted by molar-refractivity contribution is -0.137. The predicted molar refractivity (Wildman–Crippen MR) is 153 cm³/mol. The first-order chi connectivity index (χ1) is 18.4. The fourth-order valence-electron chi connectivity index (χ4n) is 4.11. The number of alkyl carbamates (subject to hydrolysis) is 1. The summed E-state index contributed by atoms with van der Waals surface area (Å²) in [5.41, 5.74) is 0.544. The van der Waals surface area contributed by atoms with Gasteiger partial charge in [0.2, 0.25) is 0 Å². The normalized spacial score (nSPS) is 12.5. The number of ether oxygens (including phenoxy) is 1. The lowest BCUT2D eigenvalue weighted by Crippen LogP contribution is -2.53. The molecule has 3 rings (SSSR count). The van der Waals surface area contributed by atoms with Gasteiger partial charge in [-0.3, -0.25) is 14.5 Å².